The number of hydrogen-bond acceptors (Lipinski definition) is 3. The Morgan fingerprint density at radius 3 is 2.63 bits per heavy atom. The summed E-state index contributed by atoms with van der Waals surface area (Å²) in [6.07, 6.45) is 0.774. The topological polar surface area (TPSA) is 85.4 Å². The van der Waals surface area contributed by atoms with Crippen LogP contribution in [0.5, 0.6) is 0 Å². The Bertz CT molecular complexity index is 962. The van der Waals surface area contributed by atoms with Crippen LogP contribution in [0.15, 0.2) is 54.6 Å². The average Bonchev–Trinajstić information content (AvgIpc) is 3.15. The van der Waals surface area contributed by atoms with Gasteiger partial charge in [0.1, 0.15) is 11.7 Å². The first-order valence-corrected chi connectivity index (χ1v) is 9.01. The van der Waals surface area contributed by atoms with Gasteiger partial charge in [0.15, 0.2) is 0 Å². The van der Waals surface area contributed by atoms with Crippen molar-refractivity contribution in [2.24, 2.45) is 0 Å². The van der Waals surface area contributed by atoms with E-state index in [-0.39, 0.29) is 5.91 Å². The van der Waals surface area contributed by atoms with E-state index in [1.807, 2.05) is 42.5 Å². The molecule has 0 fully saturated rings. The molecule has 4 rings (SSSR count). The highest BCUT2D eigenvalue weighted by Gasteiger charge is 2.28. The minimum absolute atomic E-state index is 0.267. The molecule has 1 aliphatic heterocycles. The number of rotatable bonds is 4. The van der Waals surface area contributed by atoms with Crippen molar-refractivity contribution < 1.29 is 14.7 Å². The SMILES string of the molecule is O=C(N[C@@H](CO)C(=O)N1CCc2ccccc2C1)c1cc2ccccc2[nH]1. The quantitative estimate of drug-likeness (QED) is 0.661. The number of benzene rings is 2. The predicted octanol–water partition coefficient (Wildman–Crippen LogP) is 1.84. The van der Waals surface area contributed by atoms with Gasteiger partial charge in [-0.3, -0.25) is 9.59 Å². The number of H-pyrrole nitrogens is 1. The van der Waals surface area contributed by atoms with E-state index in [2.05, 4.69) is 16.4 Å². The van der Waals surface area contributed by atoms with Crippen LogP contribution in [0.1, 0.15) is 21.6 Å². The standard InChI is InChI=1S/C21H21N3O3/c25-13-19(21(27)24-10-9-14-5-1-2-7-16(14)12-24)23-20(26)18-11-15-6-3-4-8-17(15)22-18/h1-8,11,19,22,25H,9-10,12-13H2,(H,23,26)/t19-/m0/s1. The van der Waals surface area contributed by atoms with Crippen LogP contribution in [-0.2, 0) is 17.8 Å². The normalized spacial score (nSPS) is 14.6. The molecule has 0 saturated carbocycles. The Hall–Kier alpha value is -3.12. The largest absolute Gasteiger partial charge is 0.394 e. The van der Waals surface area contributed by atoms with E-state index in [0.29, 0.717) is 18.8 Å². The molecular formula is C21H21N3O3. The Morgan fingerprint density at radius 1 is 1.11 bits per heavy atom. The Balaban J connectivity index is 1.47. The molecule has 6 heteroatoms. The third-order valence-electron chi connectivity index (χ3n) is 5.00. The Kier molecular flexibility index (Phi) is 4.64. The molecule has 3 aromatic rings. The van der Waals surface area contributed by atoms with Gasteiger partial charge in [-0.05, 0) is 29.7 Å². The van der Waals surface area contributed by atoms with Gasteiger partial charge in [-0.2, -0.15) is 0 Å². The molecule has 6 nitrogen and oxygen atoms in total. The number of amides is 2. The van der Waals surface area contributed by atoms with E-state index >= 15 is 0 Å². The lowest BCUT2D eigenvalue weighted by molar-refractivity contribution is -0.135. The third kappa shape index (κ3) is 3.44. The molecule has 0 saturated heterocycles. The molecule has 3 N–H and O–H groups in total. The summed E-state index contributed by atoms with van der Waals surface area (Å²) in [6.45, 7) is 0.630. The van der Waals surface area contributed by atoms with Crippen LogP contribution in [0.3, 0.4) is 0 Å². The number of aromatic nitrogens is 1. The van der Waals surface area contributed by atoms with Crippen molar-refractivity contribution in [2.75, 3.05) is 13.2 Å². The van der Waals surface area contributed by atoms with Gasteiger partial charge in [-0.15, -0.1) is 0 Å². The molecule has 0 spiro atoms. The molecular weight excluding hydrogens is 342 g/mol. The maximum absolute atomic E-state index is 12.8. The molecule has 2 heterocycles. The van der Waals surface area contributed by atoms with Crippen molar-refractivity contribution in [1.82, 2.24) is 15.2 Å². The number of aliphatic hydroxyl groups excluding tert-OH is 1. The van der Waals surface area contributed by atoms with Gasteiger partial charge in [0.25, 0.3) is 5.91 Å². The van der Waals surface area contributed by atoms with Crippen molar-refractivity contribution in [3.63, 3.8) is 0 Å². The summed E-state index contributed by atoms with van der Waals surface area (Å²) < 4.78 is 0. The molecule has 1 aliphatic rings. The fourth-order valence-corrected chi connectivity index (χ4v) is 3.52. The molecule has 2 amide bonds. The minimum Gasteiger partial charge on any atom is -0.394 e. The highest BCUT2D eigenvalue weighted by atomic mass is 16.3. The monoisotopic (exact) mass is 363 g/mol. The van der Waals surface area contributed by atoms with Gasteiger partial charge < -0.3 is 20.3 Å². The summed E-state index contributed by atoms with van der Waals surface area (Å²) in [5.74, 6) is -0.674. The van der Waals surface area contributed by atoms with Gasteiger partial charge in [0, 0.05) is 24.0 Å². The van der Waals surface area contributed by atoms with E-state index in [1.165, 1.54) is 5.56 Å². The number of nitrogens with one attached hydrogen (secondary N) is 2. The number of aliphatic hydroxyl groups is 1. The maximum Gasteiger partial charge on any atom is 0.268 e. The average molecular weight is 363 g/mol. The van der Waals surface area contributed by atoms with Crippen LogP contribution >= 0.6 is 0 Å². The second-order valence-electron chi connectivity index (χ2n) is 6.76. The second-order valence-corrected chi connectivity index (χ2v) is 6.76. The molecule has 1 atom stereocenters. The van der Waals surface area contributed by atoms with Gasteiger partial charge >= 0.3 is 0 Å². The molecule has 0 unspecified atom stereocenters. The number of fused-ring (bicyclic) bond motifs is 2. The number of hydrogen-bond donors (Lipinski definition) is 3. The summed E-state index contributed by atoms with van der Waals surface area (Å²) in [5.41, 5.74) is 3.56. The number of para-hydroxylation sites is 1. The van der Waals surface area contributed by atoms with Crippen LogP contribution < -0.4 is 5.32 Å². The summed E-state index contributed by atoms with van der Waals surface area (Å²) in [7, 11) is 0. The van der Waals surface area contributed by atoms with Gasteiger partial charge in [0.05, 0.1) is 6.61 Å². The van der Waals surface area contributed by atoms with Gasteiger partial charge in [0.2, 0.25) is 5.91 Å². The molecule has 0 aliphatic carbocycles. The zero-order valence-electron chi connectivity index (χ0n) is 14.8. The van der Waals surface area contributed by atoms with Crippen molar-refractivity contribution in [1.29, 1.82) is 0 Å². The number of nitrogens with zero attached hydrogens (tertiary/aromatic N) is 1. The van der Waals surface area contributed by atoms with Crippen molar-refractivity contribution in [3.05, 3.63) is 71.4 Å². The number of carbonyl (C=O) groups excluding carboxylic acids is 2. The molecule has 27 heavy (non-hydrogen) atoms. The fourth-order valence-electron chi connectivity index (χ4n) is 3.52. The first-order chi connectivity index (χ1) is 13.2. The van der Waals surface area contributed by atoms with E-state index < -0.39 is 18.6 Å². The highest BCUT2D eigenvalue weighted by molar-refractivity contribution is 6.00. The zero-order valence-corrected chi connectivity index (χ0v) is 14.8. The van der Waals surface area contributed by atoms with Crippen molar-refractivity contribution in [2.45, 2.75) is 19.0 Å². The second kappa shape index (κ2) is 7.25. The first-order valence-electron chi connectivity index (χ1n) is 9.01. The van der Waals surface area contributed by atoms with E-state index in [4.69, 9.17) is 0 Å². The fraction of sp³-hybridized carbons (Fsp3) is 0.238. The minimum atomic E-state index is -0.964. The lowest BCUT2D eigenvalue weighted by Gasteiger charge is -2.31. The molecule has 138 valence electrons. The van der Waals surface area contributed by atoms with Crippen molar-refractivity contribution in [3.8, 4) is 0 Å². The van der Waals surface area contributed by atoms with Crippen LogP contribution in [-0.4, -0.2) is 46.0 Å². The molecule has 0 bridgehead atoms. The first kappa shape index (κ1) is 17.3. The summed E-state index contributed by atoms with van der Waals surface area (Å²) >= 11 is 0. The molecule has 0 radical (unpaired) electrons. The van der Waals surface area contributed by atoms with Crippen LogP contribution in [0.4, 0.5) is 0 Å². The van der Waals surface area contributed by atoms with Crippen LogP contribution in [0.25, 0.3) is 10.9 Å². The van der Waals surface area contributed by atoms with Crippen LogP contribution in [0.2, 0.25) is 0 Å². The number of aromatic amines is 1. The maximum atomic E-state index is 12.8. The van der Waals surface area contributed by atoms with Crippen molar-refractivity contribution >= 4 is 22.7 Å². The molecule has 2 aromatic carbocycles. The third-order valence-corrected chi connectivity index (χ3v) is 5.00. The van der Waals surface area contributed by atoms with E-state index in [1.54, 1.807) is 11.0 Å². The van der Waals surface area contributed by atoms with E-state index in [0.717, 1.165) is 22.9 Å². The molecule has 1 aromatic heterocycles. The zero-order chi connectivity index (χ0) is 18.8. The summed E-state index contributed by atoms with van der Waals surface area (Å²) in [4.78, 5) is 30.1. The van der Waals surface area contributed by atoms with Gasteiger partial charge in [-0.25, -0.2) is 0 Å². The smallest absolute Gasteiger partial charge is 0.268 e. The lowest BCUT2D eigenvalue weighted by atomic mass is 9.99. The number of carbonyl (C=O) groups is 2. The van der Waals surface area contributed by atoms with Crippen LogP contribution in [0, 0.1) is 0 Å². The predicted molar refractivity (Wildman–Crippen MR) is 102 cm³/mol. The van der Waals surface area contributed by atoms with Gasteiger partial charge in [-0.1, -0.05) is 42.5 Å². The van der Waals surface area contributed by atoms with E-state index in [9.17, 15) is 14.7 Å². The summed E-state index contributed by atoms with van der Waals surface area (Å²) in [6, 6.07) is 16.4. The Morgan fingerprint density at radius 2 is 1.85 bits per heavy atom. The highest BCUT2D eigenvalue weighted by Crippen LogP contribution is 2.19. The summed E-state index contributed by atoms with van der Waals surface area (Å²) in [5, 5.41) is 13.3. The lowest BCUT2D eigenvalue weighted by Crippen LogP contribution is -2.51. The Labute approximate surface area is 156 Å².